The predicted octanol–water partition coefficient (Wildman–Crippen LogP) is 1.74. The molecule has 2 heterocycles. The molecule has 4 nitrogen and oxygen atoms in total. The Morgan fingerprint density at radius 1 is 1.56 bits per heavy atom. The summed E-state index contributed by atoms with van der Waals surface area (Å²) in [4.78, 5) is 17.5. The van der Waals surface area contributed by atoms with Crippen LogP contribution in [0.3, 0.4) is 0 Å². The number of amides is 1. The molecule has 0 radical (unpaired) electrons. The molecule has 0 saturated carbocycles. The highest BCUT2D eigenvalue weighted by molar-refractivity contribution is 5.99. The second-order valence-corrected chi connectivity index (χ2v) is 3.88. The highest BCUT2D eigenvalue weighted by Crippen LogP contribution is 2.25. The SMILES string of the molecule is CCCCOCN1C(=O)Cc2cccnc21. The van der Waals surface area contributed by atoms with E-state index in [0.29, 0.717) is 19.8 Å². The molecule has 0 unspecified atom stereocenters. The Morgan fingerprint density at radius 2 is 2.44 bits per heavy atom. The van der Waals surface area contributed by atoms with Crippen LogP contribution >= 0.6 is 0 Å². The summed E-state index contributed by atoms with van der Waals surface area (Å²) in [6, 6.07) is 3.79. The van der Waals surface area contributed by atoms with Gasteiger partial charge in [0.25, 0.3) is 0 Å². The Bertz CT molecular complexity index is 379. The van der Waals surface area contributed by atoms with Gasteiger partial charge in [-0.1, -0.05) is 19.4 Å². The van der Waals surface area contributed by atoms with E-state index in [4.69, 9.17) is 4.74 Å². The Hall–Kier alpha value is -1.42. The van der Waals surface area contributed by atoms with Crippen molar-refractivity contribution in [3.63, 3.8) is 0 Å². The van der Waals surface area contributed by atoms with E-state index < -0.39 is 0 Å². The third kappa shape index (κ3) is 2.22. The summed E-state index contributed by atoms with van der Waals surface area (Å²) in [5.74, 6) is 0.828. The van der Waals surface area contributed by atoms with Gasteiger partial charge in [0.2, 0.25) is 5.91 Å². The fourth-order valence-corrected chi connectivity index (χ4v) is 1.72. The average molecular weight is 220 g/mol. The van der Waals surface area contributed by atoms with Crippen LogP contribution in [0.4, 0.5) is 5.82 Å². The van der Waals surface area contributed by atoms with Gasteiger partial charge in [-0.2, -0.15) is 0 Å². The third-order valence-electron chi connectivity index (χ3n) is 2.63. The summed E-state index contributed by atoms with van der Waals surface area (Å²) >= 11 is 0. The second kappa shape index (κ2) is 5.07. The van der Waals surface area contributed by atoms with Gasteiger partial charge in [0, 0.05) is 18.4 Å². The lowest BCUT2D eigenvalue weighted by Gasteiger charge is -2.16. The normalized spacial score (nSPS) is 14.3. The Kier molecular flexibility index (Phi) is 3.51. The van der Waals surface area contributed by atoms with Crippen LogP contribution in [0, 0.1) is 0 Å². The van der Waals surface area contributed by atoms with Gasteiger partial charge in [-0.25, -0.2) is 4.98 Å². The van der Waals surface area contributed by atoms with Crippen LogP contribution in [-0.4, -0.2) is 24.2 Å². The molecule has 86 valence electrons. The standard InChI is InChI=1S/C12H16N2O2/c1-2-3-7-16-9-14-11(15)8-10-5-4-6-13-12(10)14/h4-6H,2-3,7-9H2,1H3. The molecule has 0 atom stereocenters. The molecule has 0 aliphatic carbocycles. The topological polar surface area (TPSA) is 42.4 Å². The molecule has 4 heteroatoms. The molecule has 16 heavy (non-hydrogen) atoms. The molecule has 0 bridgehead atoms. The number of ether oxygens (including phenoxy) is 1. The van der Waals surface area contributed by atoms with E-state index in [0.717, 1.165) is 24.2 Å². The Labute approximate surface area is 95.2 Å². The number of hydrogen-bond donors (Lipinski definition) is 0. The molecule has 1 aliphatic rings. The van der Waals surface area contributed by atoms with Crippen LogP contribution in [0.5, 0.6) is 0 Å². The summed E-state index contributed by atoms with van der Waals surface area (Å²) in [5.41, 5.74) is 0.992. The number of nitrogens with zero attached hydrogens (tertiary/aromatic N) is 2. The molecule has 1 aliphatic heterocycles. The average Bonchev–Trinajstić information content (AvgIpc) is 2.61. The van der Waals surface area contributed by atoms with E-state index in [1.54, 1.807) is 11.1 Å². The number of fused-ring (bicyclic) bond motifs is 1. The Balaban J connectivity index is 1.97. The number of aromatic nitrogens is 1. The maximum Gasteiger partial charge on any atom is 0.234 e. The minimum Gasteiger partial charge on any atom is -0.361 e. The van der Waals surface area contributed by atoms with Crippen molar-refractivity contribution in [3.05, 3.63) is 23.9 Å². The van der Waals surface area contributed by atoms with Crippen LogP contribution in [-0.2, 0) is 16.0 Å². The lowest BCUT2D eigenvalue weighted by atomic mass is 10.2. The number of carbonyl (C=O) groups excluding carboxylic acids is 1. The van der Waals surface area contributed by atoms with E-state index in [9.17, 15) is 4.79 Å². The van der Waals surface area contributed by atoms with Crippen molar-refractivity contribution in [3.8, 4) is 0 Å². The van der Waals surface area contributed by atoms with Gasteiger partial charge in [-0.05, 0) is 12.5 Å². The number of rotatable bonds is 5. The highest BCUT2D eigenvalue weighted by Gasteiger charge is 2.27. The molecular formula is C12H16N2O2. The van der Waals surface area contributed by atoms with Gasteiger partial charge in [0.15, 0.2) is 0 Å². The Morgan fingerprint density at radius 3 is 3.25 bits per heavy atom. The summed E-state index contributed by atoms with van der Waals surface area (Å²) in [6.45, 7) is 3.13. The van der Waals surface area contributed by atoms with Gasteiger partial charge < -0.3 is 4.74 Å². The molecule has 0 N–H and O–H groups in total. The number of unbranched alkanes of at least 4 members (excludes halogenated alkanes) is 1. The third-order valence-corrected chi connectivity index (χ3v) is 2.63. The first-order valence-electron chi connectivity index (χ1n) is 5.65. The molecule has 1 aromatic rings. The fourth-order valence-electron chi connectivity index (χ4n) is 1.72. The first kappa shape index (κ1) is 11.1. The maximum absolute atomic E-state index is 11.7. The van der Waals surface area contributed by atoms with Gasteiger partial charge >= 0.3 is 0 Å². The molecule has 0 fully saturated rings. The van der Waals surface area contributed by atoms with E-state index >= 15 is 0 Å². The molecule has 0 aromatic carbocycles. The van der Waals surface area contributed by atoms with Crippen LogP contribution < -0.4 is 4.90 Å². The fraction of sp³-hybridized carbons (Fsp3) is 0.500. The zero-order valence-electron chi connectivity index (χ0n) is 9.48. The molecule has 2 rings (SSSR count). The molecule has 0 spiro atoms. The quantitative estimate of drug-likeness (QED) is 0.710. The monoisotopic (exact) mass is 220 g/mol. The lowest BCUT2D eigenvalue weighted by Crippen LogP contribution is -2.30. The second-order valence-electron chi connectivity index (χ2n) is 3.88. The summed E-state index contributed by atoms with van der Waals surface area (Å²) < 4.78 is 5.45. The van der Waals surface area contributed by atoms with E-state index in [1.165, 1.54) is 0 Å². The summed E-state index contributed by atoms with van der Waals surface area (Å²) in [6.07, 6.45) is 4.27. The predicted molar refractivity (Wildman–Crippen MR) is 61.2 cm³/mol. The zero-order chi connectivity index (χ0) is 11.4. The molecule has 1 amide bonds. The summed E-state index contributed by atoms with van der Waals surface area (Å²) in [7, 11) is 0. The van der Waals surface area contributed by atoms with Crippen molar-refractivity contribution in [2.45, 2.75) is 26.2 Å². The minimum atomic E-state index is 0.0743. The van der Waals surface area contributed by atoms with E-state index in [-0.39, 0.29) is 5.91 Å². The van der Waals surface area contributed by atoms with E-state index in [2.05, 4.69) is 11.9 Å². The van der Waals surface area contributed by atoms with Crippen LogP contribution in [0.15, 0.2) is 18.3 Å². The molecule has 1 aromatic heterocycles. The van der Waals surface area contributed by atoms with Crippen molar-refractivity contribution in [2.75, 3.05) is 18.2 Å². The number of carbonyl (C=O) groups is 1. The van der Waals surface area contributed by atoms with Gasteiger partial charge in [0.1, 0.15) is 12.5 Å². The number of anilines is 1. The van der Waals surface area contributed by atoms with Crippen LogP contribution in [0.25, 0.3) is 0 Å². The lowest BCUT2D eigenvalue weighted by molar-refractivity contribution is -0.118. The highest BCUT2D eigenvalue weighted by atomic mass is 16.5. The van der Waals surface area contributed by atoms with Crippen LogP contribution in [0.1, 0.15) is 25.3 Å². The van der Waals surface area contributed by atoms with Crippen LogP contribution in [0.2, 0.25) is 0 Å². The first-order valence-corrected chi connectivity index (χ1v) is 5.65. The molecular weight excluding hydrogens is 204 g/mol. The van der Waals surface area contributed by atoms with E-state index in [1.807, 2.05) is 12.1 Å². The van der Waals surface area contributed by atoms with Crippen molar-refractivity contribution >= 4 is 11.7 Å². The van der Waals surface area contributed by atoms with Gasteiger partial charge in [0.05, 0.1) is 6.42 Å². The van der Waals surface area contributed by atoms with Gasteiger partial charge in [-0.15, -0.1) is 0 Å². The van der Waals surface area contributed by atoms with Crippen molar-refractivity contribution in [2.24, 2.45) is 0 Å². The first-order chi connectivity index (χ1) is 7.83. The van der Waals surface area contributed by atoms with Crippen molar-refractivity contribution in [1.29, 1.82) is 0 Å². The molecule has 0 saturated heterocycles. The minimum absolute atomic E-state index is 0.0743. The van der Waals surface area contributed by atoms with Crippen molar-refractivity contribution < 1.29 is 9.53 Å². The number of hydrogen-bond acceptors (Lipinski definition) is 3. The maximum atomic E-state index is 11.7. The summed E-state index contributed by atoms with van der Waals surface area (Å²) in [5, 5.41) is 0. The smallest absolute Gasteiger partial charge is 0.234 e. The largest absolute Gasteiger partial charge is 0.361 e. The zero-order valence-corrected chi connectivity index (χ0v) is 9.48. The number of pyridine rings is 1. The van der Waals surface area contributed by atoms with Gasteiger partial charge in [-0.3, -0.25) is 9.69 Å². The van der Waals surface area contributed by atoms with Crippen molar-refractivity contribution in [1.82, 2.24) is 4.98 Å².